The summed E-state index contributed by atoms with van der Waals surface area (Å²) in [6.45, 7) is 9.66. The number of hydrogen-bond acceptors (Lipinski definition) is 15. The highest BCUT2D eigenvalue weighted by Gasteiger charge is 2.30. The van der Waals surface area contributed by atoms with Gasteiger partial charge in [0.15, 0.2) is 12.2 Å². The summed E-state index contributed by atoms with van der Waals surface area (Å²) in [5.74, 6) is -0.546. The van der Waals surface area contributed by atoms with Gasteiger partial charge in [0.05, 0.1) is 26.4 Å². The van der Waals surface area contributed by atoms with Crippen molar-refractivity contribution in [2.45, 2.75) is 452 Å². The first kappa shape index (κ1) is 99.1. The number of unbranched alkanes of at least 4 members (excludes halogenated alkanes) is 50. The fraction of sp³-hybridized carbons (Fsp3) is 0.951. The Kier molecular flexibility index (Phi) is 72.2. The Balaban J connectivity index is 5.24. The number of aliphatic hydroxyl groups is 1. The standard InChI is InChI=1S/C82H160O17P2/c1-7-10-12-14-16-18-20-22-23-24-25-26-27-28-29-31-33-42-48-54-60-66-81(86)98-77(71-93-80(85)65-59-53-47-41-37-35-39-45-51-57-63-75(6)9-3)72-96-100(88,89)94-68-76(83)69-95-101(90,91)97-73-78(99-82(87)67-61-55-49-43-36-34-38-44-50-56-62-74(4)5)70-92-79(84)64-58-52-46-40-32-30-21-19-17-15-13-11-8-2/h74-78,83H,7-73H2,1-6H3,(H,88,89)(H,90,91)/t75?,76-,77-,78-/m1/s1. The van der Waals surface area contributed by atoms with Gasteiger partial charge < -0.3 is 33.8 Å². The molecule has 0 saturated carbocycles. The van der Waals surface area contributed by atoms with E-state index in [2.05, 4.69) is 41.5 Å². The zero-order valence-corrected chi connectivity index (χ0v) is 68.0. The van der Waals surface area contributed by atoms with Crippen LogP contribution in [-0.4, -0.2) is 96.7 Å². The lowest BCUT2D eigenvalue weighted by Crippen LogP contribution is -2.30. The van der Waals surface area contributed by atoms with Gasteiger partial charge in [-0.15, -0.1) is 0 Å². The fourth-order valence-electron chi connectivity index (χ4n) is 12.7. The lowest BCUT2D eigenvalue weighted by Gasteiger charge is -2.21. The largest absolute Gasteiger partial charge is 0.472 e. The van der Waals surface area contributed by atoms with Crippen LogP contribution in [0, 0.1) is 11.8 Å². The molecule has 0 aliphatic heterocycles. The smallest absolute Gasteiger partial charge is 0.462 e. The molecule has 0 fully saturated rings. The molecule has 0 bridgehead atoms. The van der Waals surface area contributed by atoms with E-state index in [4.69, 9.17) is 37.0 Å². The van der Waals surface area contributed by atoms with Crippen molar-refractivity contribution in [2.75, 3.05) is 39.6 Å². The molecule has 3 unspecified atom stereocenters. The summed E-state index contributed by atoms with van der Waals surface area (Å²) in [6, 6.07) is 0. The maximum Gasteiger partial charge on any atom is 0.472 e. The average molecular weight is 1480 g/mol. The van der Waals surface area contributed by atoms with Crippen molar-refractivity contribution in [3.8, 4) is 0 Å². The third-order valence-corrected chi connectivity index (χ3v) is 21.5. The molecule has 0 spiro atoms. The zero-order chi connectivity index (χ0) is 74.2. The average Bonchev–Trinajstić information content (AvgIpc) is 0.929. The van der Waals surface area contributed by atoms with Crippen LogP contribution in [0.15, 0.2) is 0 Å². The van der Waals surface area contributed by atoms with Crippen molar-refractivity contribution >= 4 is 39.5 Å². The first-order valence-electron chi connectivity index (χ1n) is 42.5. The number of carbonyl (C=O) groups is 4. The summed E-state index contributed by atoms with van der Waals surface area (Å²) in [5.41, 5.74) is 0. The van der Waals surface area contributed by atoms with Crippen LogP contribution in [0.1, 0.15) is 433 Å². The lowest BCUT2D eigenvalue weighted by molar-refractivity contribution is -0.161. The minimum Gasteiger partial charge on any atom is -0.462 e. The zero-order valence-electron chi connectivity index (χ0n) is 66.2. The highest BCUT2D eigenvalue weighted by molar-refractivity contribution is 7.47. The Morgan fingerprint density at radius 1 is 0.287 bits per heavy atom. The van der Waals surface area contributed by atoms with E-state index in [-0.39, 0.29) is 25.7 Å². The van der Waals surface area contributed by atoms with E-state index < -0.39 is 97.5 Å². The van der Waals surface area contributed by atoms with Crippen molar-refractivity contribution in [1.82, 2.24) is 0 Å². The minimum atomic E-state index is -4.96. The molecule has 17 nitrogen and oxygen atoms in total. The highest BCUT2D eigenvalue weighted by Crippen LogP contribution is 2.45. The number of carbonyl (C=O) groups excluding carboxylic acids is 4. The van der Waals surface area contributed by atoms with Crippen LogP contribution in [0.2, 0.25) is 0 Å². The highest BCUT2D eigenvalue weighted by atomic mass is 31.2. The molecule has 0 aromatic heterocycles. The Bertz CT molecular complexity index is 1940. The molecular weight excluding hydrogens is 1320 g/mol. The van der Waals surface area contributed by atoms with Gasteiger partial charge >= 0.3 is 39.5 Å². The molecule has 0 aliphatic rings. The minimum absolute atomic E-state index is 0.107. The first-order chi connectivity index (χ1) is 48.9. The predicted octanol–water partition coefficient (Wildman–Crippen LogP) is 24.7. The molecule has 0 aliphatic carbocycles. The van der Waals surface area contributed by atoms with E-state index in [1.807, 2.05) is 0 Å². The monoisotopic (exact) mass is 1480 g/mol. The molecule has 600 valence electrons. The van der Waals surface area contributed by atoms with E-state index in [0.717, 1.165) is 102 Å². The van der Waals surface area contributed by atoms with Crippen molar-refractivity contribution in [2.24, 2.45) is 11.8 Å². The van der Waals surface area contributed by atoms with Gasteiger partial charge in [0.1, 0.15) is 19.3 Å². The van der Waals surface area contributed by atoms with E-state index >= 15 is 0 Å². The molecule has 0 heterocycles. The Labute approximate surface area is 619 Å². The second-order valence-electron chi connectivity index (χ2n) is 30.2. The van der Waals surface area contributed by atoms with Crippen molar-refractivity contribution < 1.29 is 80.2 Å². The van der Waals surface area contributed by atoms with Crippen LogP contribution >= 0.6 is 15.6 Å². The van der Waals surface area contributed by atoms with Crippen LogP contribution in [0.5, 0.6) is 0 Å². The van der Waals surface area contributed by atoms with Gasteiger partial charge in [-0.2, -0.15) is 0 Å². The number of phosphoric acid groups is 2. The second-order valence-corrected chi connectivity index (χ2v) is 33.1. The van der Waals surface area contributed by atoms with Gasteiger partial charge in [-0.3, -0.25) is 37.3 Å². The van der Waals surface area contributed by atoms with Crippen LogP contribution in [0.3, 0.4) is 0 Å². The normalized spacial score (nSPS) is 14.2. The van der Waals surface area contributed by atoms with Crippen molar-refractivity contribution in [3.63, 3.8) is 0 Å². The maximum atomic E-state index is 13.1. The number of aliphatic hydroxyl groups excluding tert-OH is 1. The van der Waals surface area contributed by atoms with E-state index in [0.29, 0.717) is 25.7 Å². The molecule has 0 aromatic rings. The molecular formula is C82H160O17P2. The van der Waals surface area contributed by atoms with Gasteiger partial charge in [-0.1, -0.05) is 382 Å². The molecule has 3 N–H and O–H groups in total. The molecule has 0 amide bonds. The van der Waals surface area contributed by atoms with Crippen molar-refractivity contribution in [3.05, 3.63) is 0 Å². The molecule has 0 radical (unpaired) electrons. The quantitative estimate of drug-likeness (QED) is 0.0222. The predicted molar refractivity (Wildman–Crippen MR) is 414 cm³/mol. The van der Waals surface area contributed by atoms with Gasteiger partial charge in [-0.05, 0) is 37.5 Å². The summed E-state index contributed by atoms with van der Waals surface area (Å²) < 4.78 is 68.8. The third kappa shape index (κ3) is 74.7. The molecule has 19 heteroatoms. The molecule has 0 rings (SSSR count). The van der Waals surface area contributed by atoms with Crippen LogP contribution in [0.25, 0.3) is 0 Å². The number of hydrogen-bond donors (Lipinski definition) is 3. The van der Waals surface area contributed by atoms with Crippen LogP contribution in [0.4, 0.5) is 0 Å². The van der Waals surface area contributed by atoms with Gasteiger partial charge in [0.2, 0.25) is 0 Å². The van der Waals surface area contributed by atoms with Crippen LogP contribution in [-0.2, 0) is 65.4 Å². The van der Waals surface area contributed by atoms with Crippen molar-refractivity contribution in [1.29, 1.82) is 0 Å². The summed E-state index contributed by atoms with van der Waals surface area (Å²) in [4.78, 5) is 73.1. The van der Waals surface area contributed by atoms with Crippen LogP contribution < -0.4 is 0 Å². The second kappa shape index (κ2) is 73.6. The van der Waals surface area contributed by atoms with E-state index in [1.165, 1.54) is 250 Å². The molecule has 0 aromatic carbocycles. The summed E-state index contributed by atoms with van der Waals surface area (Å²) in [7, 11) is -9.92. The molecule has 6 atom stereocenters. The third-order valence-electron chi connectivity index (χ3n) is 19.6. The molecule has 0 saturated heterocycles. The van der Waals surface area contributed by atoms with Gasteiger partial charge in [0.25, 0.3) is 0 Å². The summed E-state index contributed by atoms with van der Waals surface area (Å²) in [5, 5.41) is 10.7. The molecule has 101 heavy (non-hydrogen) atoms. The van der Waals surface area contributed by atoms with Gasteiger partial charge in [0, 0.05) is 25.7 Å². The fourth-order valence-corrected chi connectivity index (χ4v) is 14.3. The Morgan fingerprint density at radius 2 is 0.505 bits per heavy atom. The number of phosphoric ester groups is 2. The summed E-state index contributed by atoms with van der Waals surface area (Å²) >= 11 is 0. The lowest BCUT2D eigenvalue weighted by atomic mass is 9.99. The maximum absolute atomic E-state index is 13.1. The van der Waals surface area contributed by atoms with E-state index in [1.54, 1.807) is 0 Å². The number of rotatable bonds is 81. The number of esters is 4. The Morgan fingerprint density at radius 3 is 0.752 bits per heavy atom. The number of ether oxygens (including phenoxy) is 4. The topological polar surface area (TPSA) is 237 Å². The van der Waals surface area contributed by atoms with Gasteiger partial charge in [-0.25, -0.2) is 9.13 Å². The van der Waals surface area contributed by atoms with E-state index in [9.17, 15) is 43.2 Å². The Hall–Kier alpha value is -1.94. The first-order valence-corrected chi connectivity index (χ1v) is 45.5. The SMILES string of the molecule is CCCCCCCCCCCCCCCCCCCCCCCC(=O)O[C@H](COC(=O)CCCCCCCCCCCCC(C)CC)COP(=O)(O)OC[C@@H](O)COP(=O)(O)OC[C@@H](COC(=O)CCCCCCCCCCCCCCC)OC(=O)CCCCCCCCCCCCC(C)C. The summed E-state index contributed by atoms with van der Waals surface area (Å²) in [6.07, 6.45) is 63.7.